The van der Waals surface area contributed by atoms with Crippen molar-refractivity contribution in [2.45, 2.75) is 104 Å². The van der Waals surface area contributed by atoms with Gasteiger partial charge in [-0.05, 0) is 150 Å². The quantitative estimate of drug-likeness (QED) is 0.00989. The molecule has 2 aliphatic carbocycles. The number of carbonyl (C=O) groups excluding carboxylic acids is 5. The van der Waals surface area contributed by atoms with Gasteiger partial charge in [0.15, 0.2) is 16.8 Å². The Bertz CT molecular complexity index is 4160. The van der Waals surface area contributed by atoms with E-state index in [1.54, 1.807) is 43.4 Å². The summed E-state index contributed by atoms with van der Waals surface area (Å²) in [4.78, 5) is 87.4. The number of likely N-dealkylation sites (N-methyl/N-ethyl adjacent to an activating group) is 2. The smallest absolute Gasteiger partial charge is 0.511 e. The number of carbonyl (C=O) groups is 5. The Morgan fingerprint density at radius 2 is 1.30 bits per heavy atom. The number of ether oxygens (including phenoxy) is 8. The van der Waals surface area contributed by atoms with E-state index in [1.807, 2.05) is 83.2 Å². The van der Waals surface area contributed by atoms with Gasteiger partial charge in [-0.15, -0.1) is 0 Å². The first-order chi connectivity index (χ1) is 47.2. The van der Waals surface area contributed by atoms with Crippen molar-refractivity contribution in [3.05, 3.63) is 220 Å². The second-order valence-electron chi connectivity index (χ2n) is 25.7. The van der Waals surface area contributed by atoms with Gasteiger partial charge >= 0.3 is 37.4 Å². The zero-order chi connectivity index (χ0) is 69.1. The van der Waals surface area contributed by atoms with Gasteiger partial charge in [0.05, 0.1) is 42.2 Å². The van der Waals surface area contributed by atoms with Gasteiger partial charge in [-0.25, -0.2) is 24.2 Å². The minimum Gasteiger partial charge on any atom is -1.00 e. The molecule has 3 heterocycles. The van der Waals surface area contributed by atoms with E-state index >= 15 is 0 Å². The average Bonchev–Trinajstić information content (AvgIpc) is 1.78. The maximum absolute atomic E-state index is 14.2. The molecule has 23 heteroatoms. The number of methoxy groups -OCH3 is 1. The molecule has 6 aromatic carbocycles. The molecule has 5 aliphatic rings. The van der Waals surface area contributed by atoms with Crippen molar-refractivity contribution < 1.29 is 92.6 Å². The van der Waals surface area contributed by atoms with Crippen LogP contribution in [0.3, 0.4) is 0 Å². The predicted octanol–water partition coefficient (Wildman–Crippen LogP) is 8.91. The number of benzene rings is 7. The van der Waals surface area contributed by atoms with E-state index in [-0.39, 0.29) is 78.6 Å². The molecule has 99 heavy (non-hydrogen) atoms. The van der Waals surface area contributed by atoms with Crippen LogP contribution in [0.5, 0.6) is 11.5 Å². The average molecular weight is 1430 g/mol. The largest absolute Gasteiger partial charge is 1.00 e. The van der Waals surface area contributed by atoms with E-state index in [4.69, 9.17) is 51.6 Å². The molecule has 2 amide bonds. The summed E-state index contributed by atoms with van der Waals surface area (Å²) in [5.41, 5.74) is 3.89. The summed E-state index contributed by atoms with van der Waals surface area (Å²) in [5.74, 6) is -1.65. The van der Waals surface area contributed by atoms with E-state index in [9.17, 15) is 28.8 Å². The Morgan fingerprint density at radius 3 is 1.94 bits per heavy atom. The maximum Gasteiger partial charge on any atom is 0.511 e. The standard InChI is InChI=1S/C76H80BN3O17P.BrH/c1-50-41-53(47-88-57-34-37-64-66(44-57)93-65-43-56(81)33-36-63(65)78-64)69(94-73(85)80(7)39-38-79(6)72(84)91-45-51-28-31-55(32-29-51)77-96-75(2,3)76(4,5)97-77)54(42-50)48-92-74(86)95-71-68-52(30-35-61(68)62(49-90-71)70(83)87-8)46-89-67(82)27-19-12-20-40-98(58-21-13-9-14-22-58,59-23-15-10-16-24-59)60-25-17-11-18-26-60;/h9-11,13-18,21-26,28-34,36-37,41-44,49,61,68,71H,12,19-20,27,35,38-40,45-48H2,1-8H3;1H/q+1;/p-1/t61-,68-,71+;/m1./s1. The molecular weight excluding hydrogens is 1350 g/mol. The molecule has 1 fully saturated rings. The van der Waals surface area contributed by atoms with Gasteiger partial charge in [-0.3, -0.25) is 9.59 Å². The number of aromatic nitrogens is 1. The molecule has 0 aromatic heterocycles. The highest BCUT2D eigenvalue weighted by Crippen LogP contribution is 2.56. The molecule has 11 rings (SSSR count). The van der Waals surface area contributed by atoms with Crippen LogP contribution >= 0.6 is 7.26 Å². The molecule has 6 aromatic rings. The van der Waals surface area contributed by atoms with E-state index in [0.29, 0.717) is 57.8 Å². The highest BCUT2D eigenvalue weighted by Gasteiger charge is 2.52. The number of unbranched alkanes of at least 4 members (excludes halogenated alkanes) is 2. The Balaban J connectivity index is 0.0000106. The summed E-state index contributed by atoms with van der Waals surface area (Å²) in [6, 6.07) is 52.3. The second-order valence-corrected chi connectivity index (χ2v) is 29.3. The van der Waals surface area contributed by atoms with Crippen LogP contribution in [-0.4, -0.2) is 117 Å². The number of aryl methyl sites for hydroxylation is 1. The van der Waals surface area contributed by atoms with Crippen molar-refractivity contribution in [3.8, 4) is 23.0 Å². The zero-order valence-corrected chi connectivity index (χ0v) is 59.1. The number of halogens is 1. The molecule has 1 saturated heterocycles. The van der Waals surface area contributed by atoms with Gasteiger partial charge in [0.2, 0.25) is 0 Å². The number of allylic oxidation sites excluding steroid dienone is 1. The molecule has 0 N–H and O–H groups in total. The van der Waals surface area contributed by atoms with Crippen LogP contribution in [0, 0.1) is 18.8 Å². The lowest BCUT2D eigenvalue weighted by Crippen LogP contribution is -3.00. The Morgan fingerprint density at radius 1 is 0.677 bits per heavy atom. The van der Waals surface area contributed by atoms with Crippen LogP contribution in [0.4, 0.5) is 14.4 Å². The lowest BCUT2D eigenvalue weighted by Gasteiger charge is -2.34. The summed E-state index contributed by atoms with van der Waals surface area (Å²) in [7, 11) is 1.75. The van der Waals surface area contributed by atoms with Crippen LogP contribution < -0.4 is 53.3 Å². The SMILES string of the molecule is COC(=O)C1=CO[C@@H](OC(=O)OCc2cc(C)cc(COc3ccc4nc5ccc(=O)cc-5oc4c3)c2OC(=O)N(C)CCN(C)C(=O)OCc2ccc(B3OC(C)(C)C(C)(C)O3)cc2)[C@@H]2C(COC(=O)CCCCC[P+](c3ccccc3)(c3ccccc3)c3ccccc3)=CC[C@H]12.[Br-]. The van der Waals surface area contributed by atoms with Crippen molar-refractivity contribution in [2.75, 3.05) is 47.1 Å². The molecule has 0 spiro atoms. The number of rotatable bonds is 25. The van der Waals surface area contributed by atoms with E-state index in [0.717, 1.165) is 30.0 Å². The fraction of sp³-hybridized carbons (Fsp3) is 0.329. The van der Waals surface area contributed by atoms with Gasteiger partial charge in [0.1, 0.15) is 72.3 Å². The van der Waals surface area contributed by atoms with E-state index < -0.39 is 80.6 Å². The van der Waals surface area contributed by atoms with Gasteiger partial charge in [-0.1, -0.05) is 90.5 Å². The lowest BCUT2D eigenvalue weighted by atomic mass is 9.79. The Kier molecular flexibility index (Phi) is 23.5. The molecule has 3 atom stereocenters. The van der Waals surface area contributed by atoms with Crippen LogP contribution in [0.1, 0.15) is 82.1 Å². The number of hydrogen-bond donors (Lipinski definition) is 0. The number of amides is 2. The van der Waals surface area contributed by atoms with Crippen LogP contribution in [0.2, 0.25) is 0 Å². The number of nitrogens with zero attached hydrogens (tertiary/aromatic N) is 3. The topological polar surface area (TPSA) is 227 Å². The number of hydrogen-bond acceptors (Lipinski definition) is 18. The van der Waals surface area contributed by atoms with Crippen molar-refractivity contribution in [2.24, 2.45) is 11.8 Å². The summed E-state index contributed by atoms with van der Waals surface area (Å²) in [6.07, 6.45) is 2.89. The summed E-state index contributed by atoms with van der Waals surface area (Å²) in [5, 5.41) is 3.90. The minimum absolute atomic E-state index is 0. The van der Waals surface area contributed by atoms with Gasteiger partial charge < -0.3 is 78.4 Å². The van der Waals surface area contributed by atoms with Gasteiger partial charge in [0.25, 0.3) is 6.29 Å². The molecule has 0 radical (unpaired) electrons. The van der Waals surface area contributed by atoms with Crippen LogP contribution in [0.25, 0.3) is 22.6 Å². The van der Waals surface area contributed by atoms with Crippen molar-refractivity contribution in [1.29, 1.82) is 0 Å². The molecular formula is C76H80BBrN3O17P. The molecule has 3 aliphatic heterocycles. The number of esters is 2. The summed E-state index contributed by atoms with van der Waals surface area (Å²) in [6.45, 7) is 9.07. The summed E-state index contributed by atoms with van der Waals surface area (Å²) < 4.78 is 65.2. The van der Waals surface area contributed by atoms with Crippen LogP contribution in [-0.2, 0) is 67.1 Å². The summed E-state index contributed by atoms with van der Waals surface area (Å²) >= 11 is 0. The first-order valence-corrected chi connectivity index (χ1v) is 34.7. The Hall–Kier alpha value is -9.34. The Labute approximate surface area is 587 Å². The predicted molar refractivity (Wildman–Crippen MR) is 371 cm³/mol. The molecule has 0 saturated carbocycles. The van der Waals surface area contributed by atoms with Gasteiger partial charge in [-0.2, -0.15) is 0 Å². The monoisotopic (exact) mass is 1430 g/mol. The van der Waals surface area contributed by atoms with Crippen molar-refractivity contribution in [1.82, 2.24) is 14.8 Å². The third-order valence-corrected chi connectivity index (χ3v) is 22.9. The third kappa shape index (κ3) is 17.0. The fourth-order valence-electron chi connectivity index (χ4n) is 12.3. The maximum atomic E-state index is 14.2. The normalized spacial score (nSPS) is 16.6. The third-order valence-electron chi connectivity index (χ3n) is 18.4. The zero-order valence-electron chi connectivity index (χ0n) is 56.6. The van der Waals surface area contributed by atoms with Crippen molar-refractivity contribution >= 4 is 77.1 Å². The highest BCUT2D eigenvalue weighted by molar-refractivity contribution is 7.95. The van der Waals surface area contributed by atoms with E-state index in [2.05, 4.69) is 77.8 Å². The van der Waals surface area contributed by atoms with Crippen molar-refractivity contribution in [3.63, 3.8) is 0 Å². The molecule has 20 nitrogen and oxygen atoms in total. The van der Waals surface area contributed by atoms with Crippen LogP contribution in [0.15, 0.2) is 196 Å². The van der Waals surface area contributed by atoms with E-state index in [1.165, 1.54) is 58.3 Å². The molecule has 516 valence electrons. The second kappa shape index (κ2) is 32.1. The molecule has 0 bridgehead atoms. The lowest BCUT2D eigenvalue weighted by molar-refractivity contribution is -0.149. The first-order valence-electron chi connectivity index (χ1n) is 32.7. The van der Waals surface area contributed by atoms with Gasteiger partial charge in [0, 0.05) is 62.8 Å². The number of fused-ring (bicyclic) bond motifs is 3. The highest BCUT2D eigenvalue weighted by atomic mass is 79.9. The molecule has 0 unspecified atom stereocenters. The minimum atomic E-state index is -2.04. The fourth-order valence-corrected chi connectivity index (χ4v) is 16.7. The first kappa shape index (κ1) is 72.4.